The Morgan fingerprint density at radius 1 is 1.25 bits per heavy atom. The first kappa shape index (κ1) is 16.8. The van der Waals surface area contributed by atoms with E-state index in [0.29, 0.717) is 32.0 Å². The van der Waals surface area contributed by atoms with Gasteiger partial charge in [-0.3, -0.25) is 4.79 Å². The SMILES string of the molecule is O=C1CCCN1CC1CCN(c2nc(C(F)(F)F)ncc2O)CC1. The number of piperidine rings is 1. The lowest BCUT2D eigenvalue weighted by molar-refractivity contribution is -0.145. The van der Waals surface area contributed by atoms with Crippen LogP contribution in [0.3, 0.4) is 0 Å². The third-order valence-electron chi connectivity index (χ3n) is 4.57. The number of rotatable bonds is 3. The zero-order valence-electron chi connectivity index (χ0n) is 13.1. The van der Waals surface area contributed by atoms with Crippen LogP contribution in [-0.4, -0.2) is 52.1 Å². The topological polar surface area (TPSA) is 69.6 Å². The van der Waals surface area contributed by atoms with Gasteiger partial charge in [0.1, 0.15) is 0 Å². The number of halogens is 3. The monoisotopic (exact) mass is 344 g/mol. The smallest absolute Gasteiger partial charge is 0.451 e. The van der Waals surface area contributed by atoms with Crippen LogP contribution in [0.2, 0.25) is 0 Å². The first-order valence-electron chi connectivity index (χ1n) is 8.00. The summed E-state index contributed by atoms with van der Waals surface area (Å²) < 4.78 is 38.2. The summed E-state index contributed by atoms with van der Waals surface area (Å²) in [6, 6.07) is 0. The zero-order valence-corrected chi connectivity index (χ0v) is 13.1. The molecule has 0 radical (unpaired) electrons. The van der Waals surface area contributed by atoms with Gasteiger partial charge < -0.3 is 14.9 Å². The molecule has 0 saturated carbocycles. The molecule has 2 saturated heterocycles. The molecule has 6 nitrogen and oxygen atoms in total. The Morgan fingerprint density at radius 3 is 2.54 bits per heavy atom. The van der Waals surface area contributed by atoms with E-state index in [1.54, 1.807) is 4.90 Å². The summed E-state index contributed by atoms with van der Waals surface area (Å²) in [6.07, 6.45) is -0.860. The van der Waals surface area contributed by atoms with Crippen molar-refractivity contribution in [3.8, 4) is 5.75 Å². The van der Waals surface area contributed by atoms with Crippen LogP contribution in [0.1, 0.15) is 31.5 Å². The Hall–Kier alpha value is -2.06. The van der Waals surface area contributed by atoms with Crippen LogP contribution in [0.15, 0.2) is 6.20 Å². The van der Waals surface area contributed by atoms with E-state index in [2.05, 4.69) is 9.97 Å². The second-order valence-corrected chi connectivity index (χ2v) is 6.27. The zero-order chi connectivity index (χ0) is 17.3. The average molecular weight is 344 g/mol. The number of aromatic hydroxyl groups is 1. The van der Waals surface area contributed by atoms with Crippen LogP contribution >= 0.6 is 0 Å². The highest BCUT2D eigenvalue weighted by Gasteiger charge is 2.36. The quantitative estimate of drug-likeness (QED) is 0.909. The molecule has 0 unspecified atom stereocenters. The molecule has 3 rings (SSSR count). The number of amides is 1. The van der Waals surface area contributed by atoms with Gasteiger partial charge in [0, 0.05) is 32.6 Å². The predicted molar refractivity (Wildman–Crippen MR) is 79.4 cm³/mol. The molecule has 2 aliphatic heterocycles. The summed E-state index contributed by atoms with van der Waals surface area (Å²) in [5, 5.41) is 9.80. The van der Waals surface area contributed by atoms with E-state index < -0.39 is 12.0 Å². The highest BCUT2D eigenvalue weighted by molar-refractivity contribution is 5.78. The molecule has 1 N–H and O–H groups in total. The predicted octanol–water partition coefficient (Wildman–Crippen LogP) is 2.04. The molecule has 3 heterocycles. The standard InChI is InChI=1S/C15H19F3N4O2/c16-15(17,18)14-19-8-11(23)13(20-14)21-6-3-10(4-7-21)9-22-5-1-2-12(22)24/h8,10,23H,1-7,9H2. The molecule has 24 heavy (non-hydrogen) atoms. The minimum atomic E-state index is -4.64. The molecule has 0 aromatic carbocycles. The van der Waals surface area contributed by atoms with Crippen molar-refractivity contribution in [2.24, 2.45) is 5.92 Å². The van der Waals surface area contributed by atoms with Gasteiger partial charge >= 0.3 is 6.18 Å². The lowest BCUT2D eigenvalue weighted by Crippen LogP contribution is -2.39. The van der Waals surface area contributed by atoms with Gasteiger partial charge in [0.15, 0.2) is 11.6 Å². The van der Waals surface area contributed by atoms with Crippen molar-refractivity contribution < 1.29 is 23.1 Å². The second-order valence-electron chi connectivity index (χ2n) is 6.27. The van der Waals surface area contributed by atoms with Gasteiger partial charge in [-0.15, -0.1) is 0 Å². The van der Waals surface area contributed by atoms with Crippen LogP contribution in [0.4, 0.5) is 19.0 Å². The summed E-state index contributed by atoms with van der Waals surface area (Å²) in [7, 11) is 0. The normalized spacial score (nSPS) is 20.0. The van der Waals surface area contributed by atoms with E-state index in [1.165, 1.54) is 0 Å². The number of hydrogen-bond acceptors (Lipinski definition) is 5. The number of likely N-dealkylation sites (tertiary alicyclic amines) is 1. The number of hydrogen-bond donors (Lipinski definition) is 1. The van der Waals surface area contributed by atoms with E-state index in [9.17, 15) is 23.1 Å². The van der Waals surface area contributed by atoms with Crippen molar-refractivity contribution >= 4 is 11.7 Å². The van der Waals surface area contributed by atoms with Gasteiger partial charge in [0.05, 0.1) is 6.20 Å². The second kappa shape index (κ2) is 6.45. The molecule has 132 valence electrons. The van der Waals surface area contributed by atoms with Crippen molar-refractivity contribution in [1.29, 1.82) is 0 Å². The van der Waals surface area contributed by atoms with Crippen molar-refractivity contribution in [2.75, 3.05) is 31.1 Å². The number of nitrogens with zero attached hydrogens (tertiary/aromatic N) is 4. The van der Waals surface area contributed by atoms with Gasteiger partial charge in [-0.2, -0.15) is 13.2 Å². The third-order valence-corrected chi connectivity index (χ3v) is 4.57. The van der Waals surface area contributed by atoms with Crippen LogP contribution in [-0.2, 0) is 11.0 Å². The van der Waals surface area contributed by atoms with Gasteiger partial charge in [-0.1, -0.05) is 0 Å². The summed E-state index contributed by atoms with van der Waals surface area (Å²) >= 11 is 0. The molecule has 9 heteroatoms. The molecule has 1 amide bonds. The fraction of sp³-hybridized carbons (Fsp3) is 0.667. The van der Waals surface area contributed by atoms with Crippen molar-refractivity contribution in [3.63, 3.8) is 0 Å². The lowest BCUT2D eigenvalue weighted by Gasteiger charge is -2.34. The summed E-state index contributed by atoms with van der Waals surface area (Å²) in [4.78, 5) is 21.8. The third kappa shape index (κ3) is 3.54. The van der Waals surface area contributed by atoms with Crippen molar-refractivity contribution in [3.05, 3.63) is 12.0 Å². The maximum atomic E-state index is 12.7. The van der Waals surface area contributed by atoms with Crippen LogP contribution in [0.25, 0.3) is 0 Å². The van der Waals surface area contributed by atoms with Gasteiger partial charge in [0.2, 0.25) is 11.7 Å². The van der Waals surface area contributed by atoms with Gasteiger partial charge in [-0.25, -0.2) is 9.97 Å². The average Bonchev–Trinajstić information content (AvgIpc) is 2.93. The maximum absolute atomic E-state index is 12.7. The molecule has 0 atom stereocenters. The number of carbonyl (C=O) groups is 1. The van der Waals surface area contributed by atoms with E-state index in [-0.39, 0.29) is 17.5 Å². The molecule has 1 aromatic heterocycles. The first-order chi connectivity index (χ1) is 11.3. The van der Waals surface area contributed by atoms with E-state index in [0.717, 1.165) is 32.0 Å². The Balaban J connectivity index is 1.63. The van der Waals surface area contributed by atoms with E-state index in [4.69, 9.17) is 0 Å². The van der Waals surface area contributed by atoms with Gasteiger partial charge in [-0.05, 0) is 25.2 Å². The van der Waals surface area contributed by atoms with Crippen LogP contribution in [0, 0.1) is 5.92 Å². The molecule has 2 aliphatic rings. The molecule has 2 fully saturated rings. The van der Waals surface area contributed by atoms with Crippen molar-refractivity contribution in [1.82, 2.24) is 14.9 Å². The summed E-state index contributed by atoms with van der Waals surface area (Å²) in [5.74, 6) is -1.17. The minimum absolute atomic E-state index is 0.0759. The summed E-state index contributed by atoms with van der Waals surface area (Å²) in [6.45, 7) is 2.49. The molecule has 0 aliphatic carbocycles. The molecule has 0 spiro atoms. The van der Waals surface area contributed by atoms with Crippen LogP contribution < -0.4 is 4.90 Å². The first-order valence-corrected chi connectivity index (χ1v) is 8.00. The Kier molecular flexibility index (Phi) is 4.51. The van der Waals surface area contributed by atoms with Crippen molar-refractivity contribution in [2.45, 2.75) is 31.9 Å². The lowest BCUT2D eigenvalue weighted by atomic mass is 9.96. The van der Waals surface area contributed by atoms with E-state index in [1.807, 2.05) is 4.90 Å². The molecular formula is C15H19F3N4O2. The minimum Gasteiger partial charge on any atom is -0.503 e. The largest absolute Gasteiger partial charge is 0.503 e. The Labute approximate surface area is 137 Å². The molecule has 0 bridgehead atoms. The number of anilines is 1. The number of alkyl halides is 3. The fourth-order valence-corrected chi connectivity index (χ4v) is 3.27. The number of carbonyl (C=O) groups excluding carboxylic acids is 1. The fourth-order valence-electron chi connectivity index (χ4n) is 3.27. The maximum Gasteiger partial charge on any atom is 0.451 e. The van der Waals surface area contributed by atoms with Gasteiger partial charge in [0.25, 0.3) is 0 Å². The summed E-state index contributed by atoms with van der Waals surface area (Å²) in [5.41, 5.74) is 0. The Morgan fingerprint density at radius 2 is 1.96 bits per heavy atom. The highest BCUT2D eigenvalue weighted by Crippen LogP contribution is 2.33. The number of aromatic nitrogens is 2. The van der Waals surface area contributed by atoms with Crippen LogP contribution in [0.5, 0.6) is 5.75 Å². The molecular weight excluding hydrogens is 325 g/mol. The Bertz CT molecular complexity index is 615. The van der Waals surface area contributed by atoms with E-state index >= 15 is 0 Å². The molecule has 1 aromatic rings. The highest BCUT2D eigenvalue weighted by atomic mass is 19.4.